The predicted octanol–water partition coefficient (Wildman–Crippen LogP) is 8.56. The summed E-state index contributed by atoms with van der Waals surface area (Å²) in [6, 6.07) is 12.0. The third kappa shape index (κ3) is 4.58. The van der Waals surface area contributed by atoms with Gasteiger partial charge < -0.3 is 0 Å². The van der Waals surface area contributed by atoms with Crippen LogP contribution in [0.3, 0.4) is 0 Å². The molecule has 0 fully saturated rings. The number of rotatable bonds is 11. The first-order valence-corrected chi connectivity index (χ1v) is 11.9. The molecule has 29 heavy (non-hydrogen) atoms. The average Bonchev–Trinajstić information content (AvgIpc) is 2.97. The fraction of sp³-hybridized carbons (Fsp3) is 0.520. The maximum absolute atomic E-state index is 11.5. The number of non-ortho nitro benzene ring substituents is 1. The molecule has 0 spiro atoms. The van der Waals surface area contributed by atoms with Crippen LogP contribution in [0.25, 0.3) is 11.1 Å². The van der Waals surface area contributed by atoms with Crippen LogP contribution in [0.1, 0.15) is 89.2 Å². The Morgan fingerprint density at radius 2 is 1.38 bits per heavy atom. The maximum atomic E-state index is 11.5. The topological polar surface area (TPSA) is 43.1 Å². The summed E-state index contributed by atoms with van der Waals surface area (Å²) in [4.78, 5) is 11.3. The van der Waals surface area contributed by atoms with E-state index >= 15 is 0 Å². The largest absolute Gasteiger partial charge is 0.269 e. The van der Waals surface area contributed by atoms with E-state index in [9.17, 15) is 10.1 Å². The van der Waals surface area contributed by atoms with Gasteiger partial charge in [-0.2, -0.15) is 0 Å². The van der Waals surface area contributed by atoms with Gasteiger partial charge in [0.05, 0.1) is 4.92 Å². The van der Waals surface area contributed by atoms with Crippen molar-refractivity contribution >= 4 is 21.6 Å². The second kappa shape index (κ2) is 9.88. The standard InChI is InChI=1S/C25H32BrNO2/c1-3-5-7-9-15-25(16-10-8-6-4-2)23-17-19(26)11-13-21(23)22-14-12-20(27(28)29)18-24(22)25/h11-14,17-18H,3-10,15-16H2,1-2H3. The molecule has 0 saturated carbocycles. The molecule has 0 unspecified atom stereocenters. The normalized spacial score (nSPS) is 13.9. The molecule has 0 bridgehead atoms. The van der Waals surface area contributed by atoms with Gasteiger partial charge in [-0.25, -0.2) is 0 Å². The van der Waals surface area contributed by atoms with Gasteiger partial charge in [-0.3, -0.25) is 10.1 Å². The van der Waals surface area contributed by atoms with Crippen molar-refractivity contribution in [3.8, 4) is 11.1 Å². The molecule has 2 aromatic carbocycles. The molecule has 0 aliphatic heterocycles. The first-order chi connectivity index (χ1) is 14.0. The second-order valence-corrected chi connectivity index (χ2v) is 9.30. The lowest BCUT2D eigenvalue weighted by molar-refractivity contribution is -0.384. The Labute approximate surface area is 183 Å². The van der Waals surface area contributed by atoms with Crippen molar-refractivity contribution in [1.29, 1.82) is 0 Å². The number of nitro groups is 1. The van der Waals surface area contributed by atoms with E-state index in [1.54, 1.807) is 6.07 Å². The lowest BCUT2D eigenvalue weighted by atomic mass is 9.70. The number of unbranched alkanes of at least 4 members (excludes halogenated alkanes) is 6. The van der Waals surface area contributed by atoms with E-state index in [0.717, 1.165) is 30.2 Å². The van der Waals surface area contributed by atoms with E-state index in [0.29, 0.717) is 0 Å². The van der Waals surface area contributed by atoms with Crippen LogP contribution in [-0.2, 0) is 5.41 Å². The summed E-state index contributed by atoms with van der Waals surface area (Å²) in [6.45, 7) is 4.47. The highest BCUT2D eigenvalue weighted by Gasteiger charge is 2.43. The highest BCUT2D eigenvalue weighted by molar-refractivity contribution is 9.10. The van der Waals surface area contributed by atoms with Crippen LogP contribution in [0, 0.1) is 10.1 Å². The summed E-state index contributed by atoms with van der Waals surface area (Å²) in [7, 11) is 0. The van der Waals surface area contributed by atoms with Gasteiger partial charge in [0.1, 0.15) is 0 Å². The maximum Gasteiger partial charge on any atom is 0.269 e. The van der Waals surface area contributed by atoms with E-state index in [2.05, 4.69) is 48.0 Å². The molecule has 0 saturated heterocycles. The third-order valence-corrected chi connectivity index (χ3v) is 6.92. The molecule has 0 radical (unpaired) electrons. The van der Waals surface area contributed by atoms with Crippen molar-refractivity contribution in [1.82, 2.24) is 0 Å². The van der Waals surface area contributed by atoms with E-state index in [4.69, 9.17) is 0 Å². The zero-order valence-electron chi connectivity index (χ0n) is 17.7. The summed E-state index contributed by atoms with van der Waals surface area (Å²) in [5.74, 6) is 0. The van der Waals surface area contributed by atoms with Crippen LogP contribution in [0.2, 0.25) is 0 Å². The summed E-state index contributed by atoms with van der Waals surface area (Å²) < 4.78 is 1.09. The van der Waals surface area contributed by atoms with Gasteiger partial charge in [0, 0.05) is 22.0 Å². The minimum Gasteiger partial charge on any atom is -0.258 e. The molecule has 3 nitrogen and oxygen atoms in total. The summed E-state index contributed by atoms with van der Waals surface area (Å²) >= 11 is 3.68. The van der Waals surface area contributed by atoms with Crippen molar-refractivity contribution < 1.29 is 4.92 Å². The van der Waals surface area contributed by atoms with Gasteiger partial charge in [0.2, 0.25) is 0 Å². The highest BCUT2D eigenvalue weighted by atomic mass is 79.9. The summed E-state index contributed by atoms with van der Waals surface area (Å²) in [5, 5.41) is 11.5. The number of benzene rings is 2. The Bertz CT molecular complexity index is 850. The van der Waals surface area contributed by atoms with E-state index < -0.39 is 0 Å². The SMILES string of the molecule is CCCCCCC1(CCCCCC)c2cc(Br)ccc2-c2ccc([N+](=O)[O-])cc21. The van der Waals surface area contributed by atoms with Crippen LogP contribution >= 0.6 is 15.9 Å². The molecule has 0 N–H and O–H groups in total. The Morgan fingerprint density at radius 1 is 0.828 bits per heavy atom. The van der Waals surface area contributed by atoms with Crippen LogP contribution in [-0.4, -0.2) is 4.92 Å². The van der Waals surface area contributed by atoms with Gasteiger partial charge in [-0.1, -0.05) is 87.2 Å². The van der Waals surface area contributed by atoms with E-state index in [1.165, 1.54) is 60.8 Å². The van der Waals surface area contributed by atoms with Crippen LogP contribution in [0.5, 0.6) is 0 Å². The molecule has 0 aromatic heterocycles. The molecule has 156 valence electrons. The lowest BCUT2D eigenvalue weighted by Crippen LogP contribution is -2.25. The van der Waals surface area contributed by atoms with Gasteiger partial charge in [-0.15, -0.1) is 0 Å². The number of hydrogen-bond donors (Lipinski definition) is 0. The van der Waals surface area contributed by atoms with Crippen LogP contribution < -0.4 is 0 Å². The minimum absolute atomic E-state index is 0.109. The number of nitro benzene ring substituents is 1. The average molecular weight is 458 g/mol. The second-order valence-electron chi connectivity index (χ2n) is 8.38. The Kier molecular flexibility index (Phi) is 7.50. The summed E-state index contributed by atoms with van der Waals surface area (Å²) in [6.07, 6.45) is 11.8. The molecule has 2 aromatic rings. The molecule has 0 amide bonds. The Morgan fingerprint density at radius 3 is 1.93 bits per heavy atom. The molecule has 3 rings (SSSR count). The highest BCUT2D eigenvalue weighted by Crippen LogP contribution is 2.55. The first-order valence-electron chi connectivity index (χ1n) is 11.1. The first kappa shape index (κ1) is 22.0. The predicted molar refractivity (Wildman–Crippen MR) is 125 cm³/mol. The Balaban J connectivity index is 2.08. The molecule has 0 atom stereocenters. The van der Waals surface area contributed by atoms with Gasteiger partial charge in [-0.05, 0) is 53.3 Å². The number of hydrogen-bond acceptors (Lipinski definition) is 2. The zero-order chi connectivity index (χ0) is 20.9. The minimum atomic E-state index is -0.252. The summed E-state index contributed by atoms with van der Waals surface area (Å²) in [5.41, 5.74) is 5.07. The Hall–Kier alpha value is -1.68. The zero-order valence-corrected chi connectivity index (χ0v) is 19.3. The molecule has 0 heterocycles. The molecule has 1 aliphatic rings. The lowest BCUT2D eigenvalue weighted by Gasteiger charge is -2.33. The van der Waals surface area contributed by atoms with Crippen LogP contribution in [0.4, 0.5) is 5.69 Å². The van der Waals surface area contributed by atoms with Gasteiger partial charge >= 0.3 is 0 Å². The quantitative estimate of drug-likeness (QED) is 0.192. The van der Waals surface area contributed by atoms with Crippen LogP contribution in [0.15, 0.2) is 40.9 Å². The number of halogens is 1. The van der Waals surface area contributed by atoms with Crippen molar-refractivity contribution in [3.63, 3.8) is 0 Å². The van der Waals surface area contributed by atoms with Crippen molar-refractivity contribution in [3.05, 3.63) is 62.1 Å². The monoisotopic (exact) mass is 457 g/mol. The van der Waals surface area contributed by atoms with Crippen molar-refractivity contribution in [2.45, 2.75) is 83.5 Å². The van der Waals surface area contributed by atoms with E-state index in [1.807, 2.05) is 12.1 Å². The fourth-order valence-electron chi connectivity index (χ4n) is 4.94. The molecule has 4 heteroatoms. The van der Waals surface area contributed by atoms with Gasteiger partial charge in [0.25, 0.3) is 5.69 Å². The number of nitrogens with zero attached hydrogens (tertiary/aromatic N) is 1. The fourth-order valence-corrected chi connectivity index (χ4v) is 5.30. The molecular weight excluding hydrogens is 426 g/mol. The van der Waals surface area contributed by atoms with Crippen molar-refractivity contribution in [2.24, 2.45) is 0 Å². The van der Waals surface area contributed by atoms with Crippen molar-refractivity contribution in [2.75, 3.05) is 0 Å². The molecule has 1 aliphatic carbocycles. The number of fused-ring (bicyclic) bond motifs is 3. The smallest absolute Gasteiger partial charge is 0.258 e. The molecular formula is C25H32BrNO2. The van der Waals surface area contributed by atoms with Gasteiger partial charge in [0.15, 0.2) is 0 Å². The van der Waals surface area contributed by atoms with E-state index in [-0.39, 0.29) is 16.0 Å². The third-order valence-electron chi connectivity index (χ3n) is 6.43.